The number of fused-ring (bicyclic) bond motifs is 1. The van der Waals surface area contributed by atoms with Gasteiger partial charge in [-0.2, -0.15) is 0 Å². The maximum absolute atomic E-state index is 12.3. The highest BCUT2D eigenvalue weighted by Gasteiger charge is 2.50. The number of imide groups is 1. The zero-order chi connectivity index (χ0) is 15.3. The molecule has 0 saturated carbocycles. The van der Waals surface area contributed by atoms with E-state index in [1.54, 1.807) is 39.0 Å². The molecule has 2 amide bonds. The van der Waals surface area contributed by atoms with E-state index in [0.29, 0.717) is 15.7 Å². The second kappa shape index (κ2) is 4.56. The number of ether oxygens (including phenoxy) is 1. The molecule has 0 radical (unpaired) electrons. The van der Waals surface area contributed by atoms with Crippen molar-refractivity contribution in [3.8, 4) is 0 Å². The van der Waals surface area contributed by atoms with Crippen LogP contribution >= 0.6 is 15.9 Å². The summed E-state index contributed by atoms with van der Waals surface area (Å²) < 4.78 is 5.93. The largest absolute Gasteiger partial charge is 0.443 e. The van der Waals surface area contributed by atoms with Crippen LogP contribution in [-0.4, -0.2) is 22.7 Å². The lowest BCUT2D eigenvalue weighted by molar-refractivity contribution is -0.134. The SMILES string of the molecule is CC(C)(C)OC(=O)N1C(=O)C(C)(O)c2ccc(Br)cc21. The number of rotatable bonds is 0. The number of halogens is 1. The van der Waals surface area contributed by atoms with E-state index in [4.69, 9.17) is 4.74 Å². The van der Waals surface area contributed by atoms with Crippen LogP contribution in [0, 0.1) is 0 Å². The van der Waals surface area contributed by atoms with E-state index in [1.807, 2.05) is 0 Å². The molecule has 0 fully saturated rings. The first kappa shape index (κ1) is 15.0. The standard InChI is InChI=1S/C14H16BrNO4/c1-13(2,3)20-12(18)16-10-7-8(15)5-6-9(10)14(4,19)11(16)17/h5-7,19H,1-4H3. The first-order valence-electron chi connectivity index (χ1n) is 6.14. The van der Waals surface area contributed by atoms with Gasteiger partial charge in [-0.15, -0.1) is 0 Å². The second-order valence-corrected chi connectivity index (χ2v) is 6.77. The number of hydrogen-bond donors (Lipinski definition) is 1. The van der Waals surface area contributed by atoms with E-state index in [-0.39, 0.29) is 0 Å². The van der Waals surface area contributed by atoms with Gasteiger partial charge in [0.05, 0.1) is 5.69 Å². The normalized spacial score (nSPS) is 21.9. The van der Waals surface area contributed by atoms with Gasteiger partial charge in [0.1, 0.15) is 5.60 Å². The lowest BCUT2D eigenvalue weighted by Gasteiger charge is -2.24. The molecule has 1 aromatic rings. The maximum atomic E-state index is 12.3. The van der Waals surface area contributed by atoms with Crippen molar-refractivity contribution in [2.24, 2.45) is 0 Å². The third-order valence-corrected chi connectivity index (χ3v) is 3.41. The number of nitrogens with zero attached hydrogens (tertiary/aromatic N) is 1. The number of anilines is 1. The minimum absolute atomic E-state index is 0.337. The smallest absolute Gasteiger partial charge is 0.421 e. The zero-order valence-corrected chi connectivity index (χ0v) is 13.3. The van der Waals surface area contributed by atoms with Crippen LogP contribution in [0.1, 0.15) is 33.3 Å². The Morgan fingerprint density at radius 3 is 2.55 bits per heavy atom. The predicted molar refractivity (Wildman–Crippen MR) is 77.4 cm³/mol. The summed E-state index contributed by atoms with van der Waals surface area (Å²) in [6, 6.07) is 4.93. The molecule has 1 aliphatic rings. The molecule has 1 unspecified atom stereocenters. The minimum atomic E-state index is -1.73. The van der Waals surface area contributed by atoms with Gasteiger partial charge in [-0.05, 0) is 39.8 Å². The van der Waals surface area contributed by atoms with E-state index in [9.17, 15) is 14.7 Å². The summed E-state index contributed by atoms with van der Waals surface area (Å²) in [5.41, 5.74) is -1.73. The molecular weight excluding hydrogens is 326 g/mol. The van der Waals surface area contributed by atoms with Gasteiger partial charge in [0.2, 0.25) is 0 Å². The molecule has 1 atom stereocenters. The molecule has 1 aromatic carbocycles. The Bertz CT molecular complexity index is 589. The first-order chi connectivity index (χ1) is 9.04. The topological polar surface area (TPSA) is 66.8 Å². The molecule has 1 heterocycles. The number of benzene rings is 1. The predicted octanol–water partition coefficient (Wildman–Crippen LogP) is 2.94. The van der Waals surface area contributed by atoms with E-state index in [0.717, 1.165) is 4.90 Å². The average molecular weight is 342 g/mol. The van der Waals surface area contributed by atoms with Crippen molar-refractivity contribution in [2.75, 3.05) is 4.90 Å². The van der Waals surface area contributed by atoms with Crippen LogP contribution in [-0.2, 0) is 15.1 Å². The molecule has 0 aromatic heterocycles. The molecule has 0 spiro atoms. The molecule has 0 aliphatic carbocycles. The Balaban J connectivity index is 2.49. The van der Waals surface area contributed by atoms with Gasteiger partial charge in [0.25, 0.3) is 5.91 Å². The molecule has 108 valence electrons. The van der Waals surface area contributed by atoms with E-state index in [2.05, 4.69) is 15.9 Å². The van der Waals surface area contributed by atoms with Crippen LogP contribution in [0.3, 0.4) is 0 Å². The average Bonchev–Trinajstić information content (AvgIpc) is 2.44. The molecule has 2 rings (SSSR count). The fourth-order valence-electron chi connectivity index (χ4n) is 2.03. The molecular formula is C14H16BrNO4. The Kier molecular flexibility index (Phi) is 3.42. The lowest BCUT2D eigenvalue weighted by atomic mass is 9.98. The van der Waals surface area contributed by atoms with E-state index >= 15 is 0 Å². The van der Waals surface area contributed by atoms with Gasteiger partial charge in [-0.1, -0.05) is 22.0 Å². The number of carbonyl (C=O) groups is 2. The van der Waals surface area contributed by atoms with Gasteiger partial charge < -0.3 is 9.84 Å². The van der Waals surface area contributed by atoms with E-state index in [1.165, 1.54) is 6.92 Å². The van der Waals surface area contributed by atoms with Crippen LogP contribution in [0.4, 0.5) is 10.5 Å². The molecule has 20 heavy (non-hydrogen) atoms. The summed E-state index contributed by atoms with van der Waals surface area (Å²) >= 11 is 3.29. The molecule has 0 saturated heterocycles. The summed E-state index contributed by atoms with van der Waals surface area (Å²) in [6.07, 6.45) is -0.792. The third kappa shape index (κ3) is 2.45. The Morgan fingerprint density at radius 2 is 2.00 bits per heavy atom. The van der Waals surface area contributed by atoms with Crippen LogP contribution < -0.4 is 4.90 Å². The first-order valence-corrected chi connectivity index (χ1v) is 6.93. The monoisotopic (exact) mass is 341 g/mol. The van der Waals surface area contributed by atoms with Crippen LogP contribution in [0.25, 0.3) is 0 Å². The van der Waals surface area contributed by atoms with Crippen molar-refractivity contribution in [1.29, 1.82) is 0 Å². The van der Waals surface area contributed by atoms with Gasteiger partial charge in [0, 0.05) is 10.0 Å². The summed E-state index contributed by atoms with van der Waals surface area (Å²) in [5, 5.41) is 10.3. The Labute approximate surface area is 125 Å². The van der Waals surface area contributed by atoms with Crippen molar-refractivity contribution in [1.82, 2.24) is 0 Å². The van der Waals surface area contributed by atoms with Crippen molar-refractivity contribution in [3.63, 3.8) is 0 Å². The van der Waals surface area contributed by atoms with Gasteiger partial charge >= 0.3 is 6.09 Å². The Morgan fingerprint density at radius 1 is 1.40 bits per heavy atom. The minimum Gasteiger partial charge on any atom is -0.443 e. The van der Waals surface area contributed by atoms with Crippen molar-refractivity contribution < 1.29 is 19.4 Å². The maximum Gasteiger partial charge on any atom is 0.421 e. The summed E-state index contributed by atoms with van der Waals surface area (Å²) in [7, 11) is 0. The number of aliphatic hydroxyl groups is 1. The molecule has 5 nitrogen and oxygen atoms in total. The van der Waals surface area contributed by atoms with Gasteiger partial charge in [-0.3, -0.25) is 4.79 Å². The second-order valence-electron chi connectivity index (χ2n) is 5.85. The zero-order valence-electron chi connectivity index (χ0n) is 11.7. The van der Waals surface area contributed by atoms with Crippen molar-refractivity contribution >= 4 is 33.6 Å². The quantitative estimate of drug-likeness (QED) is 0.787. The summed E-state index contributed by atoms with van der Waals surface area (Å²) in [5.74, 6) is -0.708. The number of hydrogen-bond acceptors (Lipinski definition) is 4. The van der Waals surface area contributed by atoms with Crippen molar-refractivity contribution in [2.45, 2.75) is 38.9 Å². The Hall–Kier alpha value is -1.40. The molecule has 1 N–H and O–H groups in total. The highest BCUT2D eigenvalue weighted by molar-refractivity contribution is 9.10. The van der Waals surface area contributed by atoms with Crippen LogP contribution in [0.2, 0.25) is 0 Å². The highest BCUT2D eigenvalue weighted by Crippen LogP contribution is 2.42. The number of carbonyl (C=O) groups excluding carboxylic acids is 2. The summed E-state index contributed by atoms with van der Waals surface area (Å²) in [6.45, 7) is 6.51. The summed E-state index contributed by atoms with van der Waals surface area (Å²) in [4.78, 5) is 25.4. The van der Waals surface area contributed by atoms with Crippen molar-refractivity contribution in [3.05, 3.63) is 28.2 Å². The molecule has 1 aliphatic heterocycles. The van der Waals surface area contributed by atoms with Crippen LogP contribution in [0.15, 0.2) is 22.7 Å². The van der Waals surface area contributed by atoms with Gasteiger partial charge in [-0.25, -0.2) is 9.69 Å². The lowest BCUT2D eigenvalue weighted by Crippen LogP contribution is -2.44. The fraction of sp³-hybridized carbons (Fsp3) is 0.429. The molecule has 6 heteroatoms. The third-order valence-electron chi connectivity index (χ3n) is 2.92. The van der Waals surface area contributed by atoms with E-state index < -0.39 is 23.2 Å². The van der Waals surface area contributed by atoms with Crippen LogP contribution in [0.5, 0.6) is 0 Å². The fourth-order valence-corrected chi connectivity index (χ4v) is 2.38. The molecule has 0 bridgehead atoms. The van der Waals surface area contributed by atoms with Gasteiger partial charge in [0.15, 0.2) is 5.60 Å². The number of amides is 2. The highest BCUT2D eigenvalue weighted by atomic mass is 79.9.